The van der Waals surface area contributed by atoms with Crippen LogP contribution in [0.5, 0.6) is 5.75 Å². The predicted molar refractivity (Wildman–Crippen MR) is 97.0 cm³/mol. The molecule has 2 aromatic rings. The second-order valence-electron chi connectivity index (χ2n) is 5.77. The first-order chi connectivity index (χ1) is 12.0. The van der Waals surface area contributed by atoms with Crippen molar-refractivity contribution < 1.29 is 19.1 Å². The average molecular weight is 341 g/mol. The Morgan fingerprint density at radius 1 is 1.08 bits per heavy atom. The van der Waals surface area contributed by atoms with Crippen molar-refractivity contribution in [3.05, 3.63) is 59.2 Å². The van der Waals surface area contributed by atoms with Gasteiger partial charge in [-0.2, -0.15) is 0 Å². The van der Waals surface area contributed by atoms with Gasteiger partial charge in [-0.1, -0.05) is 19.1 Å². The van der Waals surface area contributed by atoms with E-state index in [1.54, 1.807) is 24.3 Å². The molecule has 0 heterocycles. The summed E-state index contributed by atoms with van der Waals surface area (Å²) in [6.45, 7) is 5.88. The summed E-state index contributed by atoms with van der Waals surface area (Å²) in [6, 6.07) is 12.3. The van der Waals surface area contributed by atoms with Crippen LogP contribution < -0.4 is 10.1 Å². The minimum absolute atomic E-state index is 0.228. The van der Waals surface area contributed by atoms with Gasteiger partial charge in [-0.05, 0) is 61.7 Å². The van der Waals surface area contributed by atoms with Crippen molar-refractivity contribution in [1.82, 2.24) is 0 Å². The maximum atomic E-state index is 12.5. The van der Waals surface area contributed by atoms with Gasteiger partial charge in [0.15, 0.2) is 6.10 Å². The second kappa shape index (κ2) is 8.33. The molecule has 132 valence electrons. The molecule has 0 saturated heterocycles. The lowest BCUT2D eigenvalue weighted by molar-refractivity contribution is -0.122. The maximum Gasteiger partial charge on any atom is 0.337 e. The summed E-state index contributed by atoms with van der Waals surface area (Å²) in [5.41, 5.74) is 3.17. The van der Waals surface area contributed by atoms with Crippen LogP contribution in [-0.4, -0.2) is 25.1 Å². The van der Waals surface area contributed by atoms with E-state index in [0.717, 1.165) is 11.1 Å². The number of aryl methyl sites for hydroxylation is 1. The second-order valence-corrected chi connectivity index (χ2v) is 5.77. The SMILES string of the molecule is CCC(Oc1cccc(C)c1C)C(=O)Nc1ccc(C(=O)OC)cc1. The summed E-state index contributed by atoms with van der Waals surface area (Å²) in [4.78, 5) is 23.9. The van der Waals surface area contributed by atoms with Crippen LogP contribution >= 0.6 is 0 Å². The number of nitrogens with one attached hydrogen (secondary N) is 1. The lowest BCUT2D eigenvalue weighted by atomic mass is 10.1. The van der Waals surface area contributed by atoms with E-state index in [-0.39, 0.29) is 5.91 Å². The molecule has 1 unspecified atom stereocenters. The third-order valence-electron chi connectivity index (χ3n) is 4.06. The molecule has 1 amide bonds. The van der Waals surface area contributed by atoms with Crippen LogP contribution in [0.2, 0.25) is 0 Å². The monoisotopic (exact) mass is 341 g/mol. The highest BCUT2D eigenvalue weighted by molar-refractivity contribution is 5.95. The Kier molecular flexibility index (Phi) is 6.17. The first kappa shape index (κ1) is 18.5. The van der Waals surface area contributed by atoms with Crippen molar-refractivity contribution in [2.75, 3.05) is 12.4 Å². The van der Waals surface area contributed by atoms with Gasteiger partial charge in [0.25, 0.3) is 5.91 Å². The third kappa shape index (κ3) is 4.59. The number of carbonyl (C=O) groups excluding carboxylic acids is 2. The van der Waals surface area contributed by atoms with E-state index >= 15 is 0 Å². The van der Waals surface area contributed by atoms with Crippen molar-refractivity contribution in [1.29, 1.82) is 0 Å². The van der Waals surface area contributed by atoms with E-state index < -0.39 is 12.1 Å². The Morgan fingerprint density at radius 2 is 1.76 bits per heavy atom. The number of carbonyl (C=O) groups is 2. The zero-order chi connectivity index (χ0) is 18.4. The Bertz CT molecular complexity index is 753. The zero-order valence-corrected chi connectivity index (χ0v) is 15.0. The van der Waals surface area contributed by atoms with Crippen molar-refractivity contribution in [3.63, 3.8) is 0 Å². The summed E-state index contributed by atoms with van der Waals surface area (Å²) in [6.07, 6.45) is -0.0554. The number of esters is 1. The van der Waals surface area contributed by atoms with E-state index in [1.807, 2.05) is 39.0 Å². The summed E-state index contributed by atoms with van der Waals surface area (Å²) >= 11 is 0. The largest absolute Gasteiger partial charge is 0.480 e. The zero-order valence-electron chi connectivity index (χ0n) is 15.0. The van der Waals surface area contributed by atoms with E-state index in [0.29, 0.717) is 23.4 Å². The van der Waals surface area contributed by atoms with Crippen LogP contribution in [0.3, 0.4) is 0 Å². The highest BCUT2D eigenvalue weighted by atomic mass is 16.5. The van der Waals surface area contributed by atoms with Gasteiger partial charge in [-0.3, -0.25) is 4.79 Å². The molecule has 0 aliphatic carbocycles. The smallest absolute Gasteiger partial charge is 0.337 e. The fourth-order valence-electron chi connectivity index (χ4n) is 2.36. The lowest BCUT2D eigenvalue weighted by Crippen LogP contribution is -2.32. The number of anilines is 1. The van der Waals surface area contributed by atoms with Crippen LogP contribution in [0.25, 0.3) is 0 Å². The first-order valence-corrected chi connectivity index (χ1v) is 8.18. The van der Waals surface area contributed by atoms with Gasteiger partial charge >= 0.3 is 5.97 Å². The number of methoxy groups -OCH3 is 1. The van der Waals surface area contributed by atoms with Gasteiger partial charge in [0.1, 0.15) is 5.75 Å². The molecule has 1 N–H and O–H groups in total. The quantitative estimate of drug-likeness (QED) is 0.810. The fourth-order valence-corrected chi connectivity index (χ4v) is 2.36. The van der Waals surface area contributed by atoms with E-state index in [9.17, 15) is 9.59 Å². The molecule has 0 aliphatic heterocycles. The van der Waals surface area contributed by atoms with Crippen molar-refractivity contribution >= 4 is 17.6 Å². The molecule has 0 fully saturated rings. The van der Waals surface area contributed by atoms with E-state index in [2.05, 4.69) is 10.1 Å². The van der Waals surface area contributed by atoms with Gasteiger partial charge in [0.05, 0.1) is 12.7 Å². The molecule has 0 spiro atoms. The number of hydrogen-bond donors (Lipinski definition) is 1. The molecule has 2 aromatic carbocycles. The van der Waals surface area contributed by atoms with Gasteiger partial charge in [-0.25, -0.2) is 4.79 Å². The van der Waals surface area contributed by atoms with E-state index in [4.69, 9.17) is 4.74 Å². The minimum Gasteiger partial charge on any atom is -0.480 e. The summed E-state index contributed by atoms with van der Waals surface area (Å²) in [7, 11) is 1.33. The molecular formula is C20H23NO4. The molecule has 25 heavy (non-hydrogen) atoms. The normalized spacial score (nSPS) is 11.5. The highest BCUT2D eigenvalue weighted by Gasteiger charge is 2.19. The molecule has 0 aliphatic rings. The van der Waals surface area contributed by atoms with Crippen LogP contribution in [0.1, 0.15) is 34.8 Å². The van der Waals surface area contributed by atoms with Gasteiger partial charge in [0.2, 0.25) is 0 Å². The number of ether oxygens (including phenoxy) is 2. The molecule has 2 rings (SSSR count). The van der Waals surface area contributed by atoms with Crippen molar-refractivity contribution in [2.45, 2.75) is 33.3 Å². The fraction of sp³-hybridized carbons (Fsp3) is 0.300. The van der Waals surface area contributed by atoms with Gasteiger partial charge < -0.3 is 14.8 Å². The highest BCUT2D eigenvalue weighted by Crippen LogP contribution is 2.23. The number of amides is 1. The van der Waals surface area contributed by atoms with Gasteiger partial charge in [-0.15, -0.1) is 0 Å². The molecule has 5 heteroatoms. The third-order valence-corrected chi connectivity index (χ3v) is 4.06. The molecule has 0 aromatic heterocycles. The standard InChI is InChI=1S/C20H23NO4/c1-5-17(25-18-8-6-7-13(2)14(18)3)19(22)21-16-11-9-15(10-12-16)20(23)24-4/h6-12,17H,5H2,1-4H3,(H,21,22). The lowest BCUT2D eigenvalue weighted by Gasteiger charge is -2.19. The molecule has 0 bridgehead atoms. The van der Waals surface area contributed by atoms with Gasteiger partial charge in [0, 0.05) is 5.69 Å². The van der Waals surface area contributed by atoms with Crippen molar-refractivity contribution in [3.8, 4) is 5.75 Å². The van der Waals surface area contributed by atoms with Crippen LogP contribution in [0, 0.1) is 13.8 Å². The maximum absolute atomic E-state index is 12.5. The predicted octanol–water partition coefficient (Wildman–Crippen LogP) is 3.89. The average Bonchev–Trinajstić information content (AvgIpc) is 2.62. The Labute approximate surface area is 148 Å². The molecule has 5 nitrogen and oxygen atoms in total. The summed E-state index contributed by atoms with van der Waals surface area (Å²) < 4.78 is 10.6. The van der Waals surface area contributed by atoms with Crippen LogP contribution in [-0.2, 0) is 9.53 Å². The van der Waals surface area contributed by atoms with Crippen LogP contribution in [0.4, 0.5) is 5.69 Å². The minimum atomic E-state index is -0.596. The van der Waals surface area contributed by atoms with Crippen molar-refractivity contribution in [2.24, 2.45) is 0 Å². The Morgan fingerprint density at radius 3 is 2.36 bits per heavy atom. The first-order valence-electron chi connectivity index (χ1n) is 8.18. The summed E-state index contributed by atoms with van der Waals surface area (Å²) in [5, 5.41) is 2.82. The van der Waals surface area contributed by atoms with E-state index in [1.165, 1.54) is 7.11 Å². The number of hydrogen-bond acceptors (Lipinski definition) is 4. The summed E-state index contributed by atoms with van der Waals surface area (Å²) in [5.74, 6) is 0.0693. The molecular weight excluding hydrogens is 318 g/mol. The van der Waals surface area contributed by atoms with Crippen LogP contribution in [0.15, 0.2) is 42.5 Å². The molecule has 1 atom stereocenters. The number of rotatable bonds is 6. The topological polar surface area (TPSA) is 64.6 Å². The molecule has 0 saturated carbocycles. The Hall–Kier alpha value is -2.82. The Balaban J connectivity index is 2.07. The number of benzene rings is 2. The molecule has 0 radical (unpaired) electrons.